The van der Waals surface area contributed by atoms with Gasteiger partial charge in [-0.05, 0) is 18.9 Å². The first-order chi connectivity index (χ1) is 10.0. The van der Waals surface area contributed by atoms with Gasteiger partial charge in [0.15, 0.2) is 0 Å². The molecule has 0 spiro atoms. The number of benzene rings is 1. The van der Waals surface area contributed by atoms with Crippen molar-refractivity contribution in [1.29, 1.82) is 0 Å². The van der Waals surface area contributed by atoms with Crippen LogP contribution in [-0.4, -0.2) is 34.2 Å². The molecular formula is C14H16ClFN2O3. The van der Waals surface area contributed by atoms with Crippen LogP contribution in [0.15, 0.2) is 18.2 Å². The molecule has 0 N–H and O–H groups in total. The van der Waals surface area contributed by atoms with Crippen molar-refractivity contribution in [2.75, 3.05) is 12.4 Å². The maximum Gasteiger partial charge on any atom is 0.272 e. The number of rotatable bonds is 5. The largest absolute Gasteiger partial charge is 0.334 e. The minimum absolute atomic E-state index is 0.0749. The quantitative estimate of drug-likeness (QED) is 0.475. The van der Waals surface area contributed by atoms with E-state index in [0.29, 0.717) is 6.54 Å². The topological polar surface area (TPSA) is 63.4 Å². The van der Waals surface area contributed by atoms with Gasteiger partial charge in [-0.15, -0.1) is 11.6 Å². The number of hydrogen-bond acceptors (Lipinski definition) is 3. The Hall–Kier alpha value is -1.69. The lowest BCUT2D eigenvalue weighted by molar-refractivity contribution is -0.385. The maximum absolute atomic E-state index is 14.0. The van der Waals surface area contributed by atoms with Crippen molar-refractivity contribution in [3.63, 3.8) is 0 Å². The third kappa shape index (κ3) is 3.50. The molecule has 1 aliphatic rings. The van der Waals surface area contributed by atoms with Crippen LogP contribution in [0.4, 0.5) is 10.1 Å². The van der Waals surface area contributed by atoms with Crippen molar-refractivity contribution >= 4 is 23.2 Å². The highest BCUT2D eigenvalue weighted by molar-refractivity contribution is 6.18. The molecule has 1 saturated carbocycles. The summed E-state index contributed by atoms with van der Waals surface area (Å²) in [5.41, 5.74) is -0.508. The molecule has 2 rings (SSSR count). The van der Waals surface area contributed by atoms with E-state index in [1.54, 1.807) is 4.90 Å². The molecule has 0 atom stereocenters. The molecule has 7 heteroatoms. The molecule has 0 unspecified atom stereocenters. The second-order valence-electron chi connectivity index (χ2n) is 5.05. The number of halogens is 2. The monoisotopic (exact) mass is 314 g/mol. The van der Waals surface area contributed by atoms with Crippen LogP contribution in [0.3, 0.4) is 0 Å². The molecule has 0 aliphatic heterocycles. The molecule has 1 aliphatic carbocycles. The first-order valence-electron chi connectivity index (χ1n) is 6.85. The zero-order chi connectivity index (χ0) is 15.4. The summed E-state index contributed by atoms with van der Waals surface area (Å²) >= 11 is 5.74. The zero-order valence-electron chi connectivity index (χ0n) is 11.4. The molecule has 0 aromatic heterocycles. The van der Waals surface area contributed by atoms with Gasteiger partial charge in [0.1, 0.15) is 5.82 Å². The number of alkyl halides is 1. The summed E-state index contributed by atoms with van der Waals surface area (Å²) in [5, 5.41) is 10.6. The van der Waals surface area contributed by atoms with Gasteiger partial charge in [0.2, 0.25) is 0 Å². The third-order valence-electron chi connectivity index (χ3n) is 3.75. The van der Waals surface area contributed by atoms with E-state index in [4.69, 9.17) is 11.6 Å². The van der Waals surface area contributed by atoms with E-state index in [2.05, 4.69) is 0 Å². The summed E-state index contributed by atoms with van der Waals surface area (Å²) in [6, 6.07) is 3.17. The second-order valence-corrected chi connectivity index (χ2v) is 5.43. The van der Waals surface area contributed by atoms with Crippen molar-refractivity contribution < 1.29 is 14.1 Å². The highest BCUT2D eigenvalue weighted by Gasteiger charge is 2.29. The number of nitro benzene ring substituents is 1. The predicted octanol–water partition coefficient (Wildman–Crippen LogP) is 3.36. The fourth-order valence-corrected chi connectivity index (χ4v) is 2.88. The summed E-state index contributed by atoms with van der Waals surface area (Å²) in [5.74, 6) is -1.04. The number of non-ortho nitro benzene ring substituents is 1. The Morgan fingerprint density at radius 3 is 2.62 bits per heavy atom. The van der Waals surface area contributed by atoms with Crippen LogP contribution in [0.1, 0.15) is 36.0 Å². The number of carbonyl (C=O) groups is 1. The number of hydrogen-bond donors (Lipinski definition) is 0. The van der Waals surface area contributed by atoms with E-state index < -0.39 is 16.6 Å². The molecule has 21 heavy (non-hydrogen) atoms. The van der Waals surface area contributed by atoms with E-state index in [-0.39, 0.29) is 23.2 Å². The normalized spacial score (nSPS) is 15.1. The first kappa shape index (κ1) is 15.7. The Balaban J connectivity index is 2.25. The van der Waals surface area contributed by atoms with Crippen LogP contribution < -0.4 is 0 Å². The smallest absolute Gasteiger partial charge is 0.272 e. The average Bonchev–Trinajstić information content (AvgIpc) is 2.97. The lowest BCUT2D eigenvalue weighted by Crippen LogP contribution is -2.40. The zero-order valence-corrected chi connectivity index (χ0v) is 12.2. The van der Waals surface area contributed by atoms with Gasteiger partial charge < -0.3 is 4.90 Å². The third-order valence-corrected chi connectivity index (χ3v) is 3.91. The van der Waals surface area contributed by atoms with Gasteiger partial charge in [-0.25, -0.2) is 4.39 Å². The van der Waals surface area contributed by atoms with E-state index in [9.17, 15) is 19.3 Å². The summed E-state index contributed by atoms with van der Waals surface area (Å²) in [6.07, 6.45) is 3.85. The summed E-state index contributed by atoms with van der Waals surface area (Å²) < 4.78 is 14.0. The fraction of sp³-hybridized carbons (Fsp3) is 0.500. The molecular weight excluding hydrogens is 299 g/mol. The van der Waals surface area contributed by atoms with E-state index in [0.717, 1.165) is 37.8 Å². The number of carbonyl (C=O) groups excluding carboxylic acids is 1. The van der Waals surface area contributed by atoms with Crippen molar-refractivity contribution in [3.8, 4) is 0 Å². The minimum Gasteiger partial charge on any atom is -0.334 e. The molecule has 1 amide bonds. The van der Waals surface area contributed by atoms with Crippen LogP contribution in [0.2, 0.25) is 0 Å². The number of amides is 1. The van der Waals surface area contributed by atoms with Crippen LogP contribution >= 0.6 is 11.6 Å². The summed E-state index contributed by atoms with van der Waals surface area (Å²) in [6.45, 7) is 0.349. The van der Waals surface area contributed by atoms with E-state index in [1.807, 2.05) is 0 Å². The van der Waals surface area contributed by atoms with E-state index >= 15 is 0 Å². The second kappa shape index (κ2) is 6.85. The van der Waals surface area contributed by atoms with Crippen molar-refractivity contribution in [1.82, 2.24) is 4.90 Å². The van der Waals surface area contributed by atoms with Gasteiger partial charge in [-0.3, -0.25) is 14.9 Å². The van der Waals surface area contributed by atoms with Crippen molar-refractivity contribution in [2.45, 2.75) is 31.7 Å². The van der Waals surface area contributed by atoms with Crippen molar-refractivity contribution in [3.05, 3.63) is 39.7 Å². The SMILES string of the molecule is O=C(c1ccc([N+](=O)[O-])cc1F)N(CCCl)C1CCCC1. The molecule has 0 heterocycles. The molecule has 0 radical (unpaired) electrons. The minimum atomic E-state index is -0.869. The Kier molecular flexibility index (Phi) is 5.12. The molecule has 1 fully saturated rings. The Labute approximate surface area is 126 Å². The van der Waals surface area contributed by atoms with Crippen LogP contribution in [0.25, 0.3) is 0 Å². The first-order valence-corrected chi connectivity index (χ1v) is 7.39. The predicted molar refractivity (Wildman–Crippen MR) is 77.1 cm³/mol. The molecule has 1 aromatic rings. The fourth-order valence-electron chi connectivity index (χ4n) is 2.70. The number of nitro groups is 1. The highest BCUT2D eigenvalue weighted by Crippen LogP contribution is 2.26. The molecule has 1 aromatic carbocycles. The lowest BCUT2D eigenvalue weighted by Gasteiger charge is -2.28. The maximum atomic E-state index is 14.0. The average molecular weight is 315 g/mol. The Morgan fingerprint density at radius 2 is 2.10 bits per heavy atom. The van der Waals surface area contributed by atoms with Crippen LogP contribution in [0, 0.1) is 15.9 Å². The van der Waals surface area contributed by atoms with Gasteiger partial charge in [-0.1, -0.05) is 12.8 Å². The van der Waals surface area contributed by atoms with Gasteiger partial charge in [0.05, 0.1) is 16.6 Å². The number of nitrogens with zero attached hydrogens (tertiary/aromatic N) is 2. The van der Waals surface area contributed by atoms with Crippen LogP contribution in [0.5, 0.6) is 0 Å². The summed E-state index contributed by atoms with van der Waals surface area (Å²) in [7, 11) is 0. The van der Waals surface area contributed by atoms with Gasteiger partial charge in [-0.2, -0.15) is 0 Å². The molecule has 5 nitrogen and oxygen atoms in total. The lowest BCUT2D eigenvalue weighted by atomic mass is 10.1. The molecule has 114 valence electrons. The molecule has 0 saturated heterocycles. The highest BCUT2D eigenvalue weighted by atomic mass is 35.5. The van der Waals surface area contributed by atoms with Crippen molar-refractivity contribution in [2.24, 2.45) is 0 Å². The summed E-state index contributed by atoms with van der Waals surface area (Å²) in [4.78, 5) is 24.0. The Bertz CT molecular complexity index is 547. The van der Waals surface area contributed by atoms with E-state index in [1.165, 1.54) is 6.07 Å². The standard InChI is InChI=1S/C14H16ClFN2O3/c15-7-8-17(10-3-1-2-4-10)14(19)12-6-5-11(18(20)21)9-13(12)16/h5-6,9-10H,1-4,7-8H2. The molecule has 0 bridgehead atoms. The van der Waals surface area contributed by atoms with Gasteiger partial charge >= 0.3 is 0 Å². The van der Waals surface area contributed by atoms with Gasteiger partial charge in [0, 0.05) is 24.5 Å². The van der Waals surface area contributed by atoms with Crippen LogP contribution in [-0.2, 0) is 0 Å². The van der Waals surface area contributed by atoms with Gasteiger partial charge in [0.25, 0.3) is 11.6 Å². The Morgan fingerprint density at radius 1 is 1.43 bits per heavy atom.